The summed E-state index contributed by atoms with van der Waals surface area (Å²) in [5, 5.41) is 17.6. The highest BCUT2D eigenvalue weighted by Crippen LogP contribution is 2.40. The zero-order valence-electron chi connectivity index (χ0n) is 38.4. The summed E-state index contributed by atoms with van der Waals surface area (Å²) >= 11 is 0. The van der Waals surface area contributed by atoms with Crippen molar-refractivity contribution in [2.45, 2.75) is 146 Å². The summed E-state index contributed by atoms with van der Waals surface area (Å²) in [6.45, 7) is 28.8. The number of ketones is 2. The molecule has 2 N–H and O–H groups in total. The number of piperidine rings is 2. The maximum absolute atomic E-state index is 11.5. The third-order valence-electron chi connectivity index (χ3n) is 12.1. The molecule has 0 aromatic heterocycles. The number of phenolic OH excluding ortho intramolecular Hbond substituents is 2. The average Bonchev–Trinajstić information content (AvgIpc) is 3.19. The van der Waals surface area contributed by atoms with Crippen molar-refractivity contribution in [3.05, 3.63) is 95.6 Å². The minimum atomic E-state index is 0.338. The number of phenols is 2. The van der Waals surface area contributed by atoms with E-state index < -0.39 is 0 Å². The van der Waals surface area contributed by atoms with E-state index in [0.29, 0.717) is 47.0 Å². The van der Waals surface area contributed by atoms with Gasteiger partial charge in [0.05, 0.1) is 0 Å². The van der Waals surface area contributed by atoms with Crippen molar-refractivity contribution < 1.29 is 19.8 Å². The largest absolute Gasteiger partial charge is 0.508 e. The summed E-state index contributed by atoms with van der Waals surface area (Å²) in [4.78, 5) is 28.2. The molecule has 2 saturated carbocycles. The lowest BCUT2D eigenvalue weighted by atomic mass is 9.71. The molecule has 3 aromatic rings. The molecule has 58 heavy (non-hydrogen) atoms. The molecule has 0 radical (unpaired) electrons. The minimum Gasteiger partial charge on any atom is -0.508 e. The van der Waals surface area contributed by atoms with Gasteiger partial charge in [0.2, 0.25) is 0 Å². The Labute approximate surface area is 354 Å². The zero-order chi connectivity index (χ0) is 43.2. The Morgan fingerprint density at radius 2 is 1.00 bits per heavy atom. The van der Waals surface area contributed by atoms with E-state index in [4.69, 9.17) is 10.2 Å². The Morgan fingerprint density at radius 3 is 1.29 bits per heavy atom. The van der Waals surface area contributed by atoms with Crippen LogP contribution in [-0.2, 0) is 16.0 Å². The quantitative estimate of drug-likeness (QED) is 0.268. The topological polar surface area (TPSA) is 81.1 Å². The first kappa shape index (κ1) is 50.7. The fourth-order valence-corrected chi connectivity index (χ4v) is 9.16. The maximum Gasteiger partial charge on any atom is 0.133 e. The number of benzene rings is 3. The Morgan fingerprint density at radius 1 is 0.603 bits per heavy atom. The van der Waals surface area contributed by atoms with Crippen LogP contribution < -0.4 is 0 Å². The first-order valence-electron chi connectivity index (χ1n) is 22.7. The zero-order valence-corrected chi connectivity index (χ0v) is 38.4. The van der Waals surface area contributed by atoms with Gasteiger partial charge in [-0.3, -0.25) is 9.59 Å². The Bertz CT molecular complexity index is 1440. The third-order valence-corrected chi connectivity index (χ3v) is 12.1. The molecule has 6 nitrogen and oxygen atoms in total. The summed E-state index contributed by atoms with van der Waals surface area (Å²) in [7, 11) is 0. The standard InChI is InChI=1S/2C14H25NO.C8H10.2C7H8O.C2H6/c2*1-10(2)9-15-7-6-12-8-13(16)4-5-14(12)11(15)3;1-2-8-6-4-3-5-7-8;2*1-6-3-2-4-7(8)5-6;1-2/h2*10-12,14H,4-9H2,1-3H3;3-7H,2H2,1H3;2*2-5,8H,1H3;1-2H3/t2*11-,12?,14?;;;;/m11..../s1. The summed E-state index contributed by atoms with van der Waals surface area (Å²) in [5.41, 5.74) is 3.59. The Hall–Kier alpha value is -3.48. The fraction of sp³-hybridized carbons (Fsp3) is 0.615. The van der Waals surface area contributed by atoms with Gasteiger partial charge in [-0.1, -0.05) is 103 Å². The van der Waals surface area contributed by atoms with Crippen LogP contribution in [0.2, 0.25) is 0 Å². The van der Waals surface area contributed by atoms with E-state index in [-0.39, 0.29) is 0 Å². The van der Waals surface area contributed by atoms with Gasteiger partial charge in [0.15, 0.2) is 0 Å². The summed E-state index contributed by atoms with van der Waals surface area (Å²) in [6, 6.07) is 26.1. The molecule has 0 bridgehead atoms. The van der Waals surface area contributed by atoms with Crippen molar-refractivity contribution in [1.82, 2.24) is 9.80 Å². The van der Waals surface area contributed by atoms with Crippen LogP contribution in [0.4, 0.5) is 0 Å². The number of aryl methyl sites for hydroxylation is 3. The molecule has 6 atom stereocenters. The van der Waals surface area contributed by atoms with Gasteiger partial charge >= 0.3 is 0 Å². The van der Waals surface area contributed by atoms with Gasteiger partial charge < -0.3 is 20.0 Å². The van der Waals surface area contributed by atoms with Crippen LogP contribution >= 0.6 is 0 Å². The van der Waals surface area contributed by atoms with E-state index in [1.165, 1.54) is 44.6 Å². The number of Topliss-reactive ketones (excluding diaryl/α,β-unsaturated/α-hetero) is 2. The van der Waals surface area contributed by atoms with Crippen LogP contribution in [0.25, 0.3) is 0 Å². The number of likely N-dealkylation sites (tertiary alicyclic amines) is 2. The highest BCUT2D eigenvalue weighted by atomic mass is 16.3. The first-order valence-corrected chi connectivity index (χ1v) is 22.7. The van der Waals surface area contributed by atoms with Crippen LogP contribution in [-0.4, -0.2) is 69.8 Å². The number of carbonyl (C=O) groups is 2. The SMILES string of the molecule is CC.CC(C)CN1CCC2CC(=O)CCC2[C@H]1C.CC(C)CN1CCC2CC(=O)CCC2[C@H]1C.CCc1ccccc1.Cc1cccc(O)c1.Cc1cccc(O)c1. The smallest absolute Gasteiger partial charge is 0.133 e. The summed E-state index contributed by atoms with van der Waals surface area (Å²) in [6.07, 6.45) is 9.30. The van der Waals surface area contributed by atoms with Crippen LogP contribution in [0, 0.1) is 49.4 Å². The molecule has 3 aromatic carbocycles. The van der Waals surface area contributed by atoms with E-state index in [2.05, 4.69) is 82.5 Å². The number of rotatable bonds is 5. The predicted molar refractivity (Wildman–Crippen MR) is 246 cm³/mol. The second kappa shape index (κ2) is 27.3. The Balaban J connectivity index is 0.000000257. The van der Waals surface area contributed by atoms with Crippen molar-refractivity contribution in [2.24, 2.45) is 35.5 Å². The predicted octanol–water partition coefficient (Wildman–Crippen LogP) is 12.1. The van der Waals surface area contributed by atoms with Crippen LogP contribution in [0.3, 0.4) is 0 Å². The van der Waals surface area contributed by atoms with Crippen molar-refractivity contribution in [3.63, 3.8) is 0 Å². The molecule has 0 spiro atoms. The molecule has 2 saturated heterocycles. The summed E-state index contributed by atoms with van der Waals surface area (Å²) in [5.74, 6) is 6.15. The lowest BCUT2D eigenvalue weighted by Gasteiger charge is -2.46. The number of hydrogen-bond acceptors (Lipinski definition) is 6. The molecule has 4 unspecified atom stereocenters. The van der Waals surface area contributed by atoms with Crippen LogP contribution in [0.1, 0.15) is 130 Å². The van der Waals surface area contributed by atoms with Gasteiger partial charge in [-0.2, -0.15) is 0 Å². The molecule has 4 fully saturated rings. The third kappa shape index (κ3) is 18.6. The normalized spacial score (nSPS) is 24.0. The number of aromatic hydroxyl groups is 2. The van der Waals surface area contributed by atoms with Crippen LogP contribution in [0.15, 0.2) is 78.9 Å². The number of nitrogens with zero attached hydrogens (tertiary/aromatic N) is 2. The highest BCUT2D eigenvalue weighted by molar-refractivity contribution is 5.79. The maximum atomic E-state index is 11.5. The van der Waals surface area contributed by atoms with E-state index in [0.717, 1.165) is 79.7 Å². The van der Waals surface area contributed by atoms with Gasteiger partial charge in [0.25, 0.3) is 0 Å². The van der Waals surface area contributed by atoms with Gasteiger partial charge in [0, 0.05) is 50.9 Å². The average molecular weight is 799 g/mol. The number of fused-ring (bicyclic) bond motifs is 2. The van der Waals surface area contributed by atoms with E-state index in [9.17, 15) is 9.59 Å². The van der Waals surface area contributed by atoms with Gasteiger partial charge in [-0.25, -0.2) is 0 Å². The second-order valence-electron chi connectivity index (χ2n) is 17.8. The van der Waals surface area contributed by atoms with E-state index in [1.54, 1.807) is 24.3 Å². The molecule has 0 amide bonds. The molecule has 7 rings (SSSR count). The van der Waals surface area contributed by atoms with Crippen molar-refractivity contribution in [3.8, 4) is 11.5 Å². The van der Waals surface area contributed by atoms with Gasteiger partial charge in [-0.05, 0) is 149 Å². The monoisotopic (exact) mass is 799 g/mol. The lowest BCUT2D eigenvalue weighted by Crippen LogP contribution is -2.50. The number of hydrogen-bond donors (Lipinski definition) is 2. The second-order valence-corrected chi connectivity index (χ2v) is 17.8. The summed E-state index contributed by atoms with van der Waals surface area (Å²) < 4.78 is 0. The van der Waals surface area contributed by atoms with Gasteiger partial charge in [-0.15, -0.1) is 0 Å². The van der Waals surface area contributed by atoms with E-state index in [1.807, 2.05) is 58.0 Å². The molecule has 6 heteroatoms. The molecule has 4 aliphatic rings. The number of carbonyl (C=O) groups excluding carboxylic acids is 2. The Kier molecular flexibility index (Phi) is 23.9. The minimum absolute atomic E-state index is 0.338. The molecular weight excluding hydrogens is 717 g/mol. The molecule has 2 aliphatic heterocycles. The fourth-order valence-electron chi connectivity index (χ4n) is 9.16. The van der Waals surface area contributed by atoms with E-state index >= 15 is 0 Å². The van der Waals surface area contributed by atoms with Gasteiger partial charge in [0.1, 0.15) is 23.1 Å². The van der Waals surface area contributed by atoms with Crippen molar-refractivity contribution in [1.29, 1.82) is 0 Å². The molecular formula is C52H82N2O4. The van der Waals surface area contributed by atoms with Crippen molar-refractivity contribution in [2.75, 3.05) is 26.2 Å². The highest BCUT2D eigenvalue weighted by Gasteiger charge is 2.40. The molecule has 2 aliphatic carbocycles. The lowest BCUT2D eigenvalue weighted by molar-refractivity contribution is -0.125. The first-order chi connectivity index (χ1) is 27.7. The van der Waals surface area contributed by atoms with Crippen molar-refractivity contribution >= 4 is 11.6 Å². The molecule has 2 heterocycles. The molecule has 324 valence electrons. The van der Waals surface area contributed by atoms with Crippen LogP contribution in [0.5, 0.6) is 11.5 Å².